The first-order chi connectivity index (χ1) is 14.6. The maximum absolute atomic E-state index is 14.1. The number of nitrogens with zero attached hydrogens (tertiary/aromatic N) is 1. The third kappa shape index (κ3) is 3.33. The van der Waals surface area contributed by atoms with Crippen LogP contribution in [-0.2, 0) is 6.42 Å². The summed E-state index contributed by atoms with van der Waals surface area (Å²) in [5.41, 5.74) is 5.63. The highest BCUT2D eigenvalue weighted by Crippen LogP contribution is 2.38. The number of rotatable bonds is 3. The van der Waals surface area contributed by atoms with Crippen molar-refractivity contribution in [2.75, 3.05) is 11.9 Å². The number of nitrogens with one attached hydrogen (secondary N) is 3. The molecule has 5 nitrogen and oxygen atoms in total. The number of aromatic amines is 1. The Kier molecular flexibility index (Phi) is 4.51. The molecule has 1 amide bonds. The van der Waals surface area contributed by atoms with E-state index in [1.165, 1.54) is 6.07 Å². The van der Waals surface area contributed by atoms with Crippen LogP contribution in [0.3, 0.4) is 0 Å². The van der Waals surface area contributed by atoms with Crippen LogP contribution in [0.25, 0.3) is 11.3 Å². The number of hydrogen-bond acceptors (Lipinski definition) is 3. The SMILES string of the molecule is Cc1c(F)cccc1Nc1c(-c2ccncc2C#CC2CC2)[nH]c2c1C(=O)NCC2. The molecule has 0 radical (unpaired) electrons. The van der Waals surface area contributed by atoms with Crippen LogP contribution in [0.15, 0.2) is 36.7 Å². The van der Waals surface area contributed by atoms with Crippen molar-refractivity contribution in [1.82, 2.24) is 15.3 Å². The summed E-state index contributed by atoms with van der Waals surface area (Å²) >= 11 is 0. The molecular weight excluding hydrogens is 379 g/mol. The van der Waals surface area contributed by atoms with Gasteiger partial charge in [-0.3, -0.25) is 9.78 Å². The molecule has 1 aliphatic carbocycles. The predicted octanol–water partition coefficient (Wildman–Crippen LogP) is 4.32. The smallest absolute Gasteiger partial charge is 0.255 e. The minimum atomic E-state index is -0.296. The average Bonchev–Trinajstić information content (AvgIpc) is 3.51. The van der Waals surface area contributed by atoms with Gasteiger partial charge < -0.3 is 15.6 Å². The molecular formula is C24H21FN4O. The van der Waals surface area contributed by atoms with E-state index in [-0.39, 0.29) is 11.7 Å². The summed E-state index contributed by atoms with van der Waals surface area (Å²) in [4.78, 5) is 20.4. The van der Waals surface area contributed by atoms with E-state index in [2.05, 4.69) is 32.4 Å². The number of carbonyl (C=O) groups excluding carboxylic acids is 1. The second kappa shape index (κ2) is 7.34. The number of benzene rings is 1. The van der Waals surface area contributed by atoms with E-state index in [1.807, 2.05) is 12.1 Å². The van der Waals surface area contributed by atoms with E-state index >= 15 is 0 Å². The molecule has 0 bridgehead atoms. The number of hydrogen-bond donors (Lipinski definition) is 3. The van der Waals surface area contributed by atoms with E-state index in [0.717, 1.165) is 35.4 Å². The maximum atomic E-state index is 14.1. The number of pyridine rings is 1. The van der Waals surface area contributed by atoms with Gasteiger partial charge in [0.25, 0.3) is 5.91 Å². The van der Waals surface area contributed by atoms with Crippen molar-refractivity contribution in [3.8, 4) is 23.1 Å². The third-order valence-electron chi connectivity index (χ3n) is 5.57. The fraction of sp³-hybridized carbons (Fsp3) is 0.250. The first kappa shape index (κ1) is 18.4. The maximum Gasteiger partial charge on any atom is 0.255 e. The highest BCUT2D eigenvalue weighted by molar-refractivity contribution is 6.06. The summed E-state index contributed by atoms with van der Waals surface area (Å²) in [6, 6.07) is 6.79. The monoisotopic (exact) mass is 400 g/mol. The standard InChI is InChI=1S/C24H21FN4O/c1-14-18(25)3-2-4-19(14)28-23-21-20(10-12-27-24(21)30)29-22(23)17-9-11-26-13-16(17)8-7-15-5-6-15/h2-4,9,11,13,15,28-29H,5-6,10,12H2,1H3,(H,27,30). The number of fused-ring (bicyclic) bond motifs is 1. The van der Waals surface area contributed by atoms with Gasteiger partial charge in [-0.15, -0.1) is 0 Å². The van der Waals surface area contributed by atoms with Crippen molar-refractivity contribution in [2.24, 2.45) is 5.92 Å². The van der Waals surface area contributed by atoms with Gasteiger partial charge in [0.1, 0.15) is 5.82 Å². The fourth-order valence-corrected chi connectivity index (χ4v) is 3.70. The molecule has 150 valence electrons. The van der Waals surface area contributed by atoms with Gasteiger partial charge in [0, 0.05) is 53.8 Å². The highest BCUT2D eigenvalue weighted by atomic mass is 19.1. The number of H-pyrrole nitrogens is 1. The van der Waals surface area contributed by atoms with E-state index in [1.54, 1.807) is 25.4 Å². The fourth-order valence-electron chi connectivity index (χ4n) is 3.70. The van der Waals surface area contributed by atoms with E-state index in [9.17, 15) is 9.18 Å². The highest BCUT2D eigenvalue weighted by Gasteiger charge is 2.28. The first-order valence-electron chi connectivity index (χ1n) is 10.1. The van der Waals surface area contributed by atoms with Crippen molar-refractivity contribution in [3.63, 3.8) is 0 Å². The predicted molar refractivity (Wildman–Crippen MR) is 114 cm³/mol. The van der Waals surface area contributed by atoms with Crippen LogP contribution in [0, 0.1) is 30.5 Å². The van der Waals surface area contributed by atoms with E-state index < -0.39 is 0 Å². The number of anilines is 2. The summed E-state index contributed by atoms with van der Waals surface area (Å²) in [6.45, 7) is 2.30. The summed E-state index contributed by atoms with van der Waals surface area (Å²) in [5.74, 6) is 6.57. The molecule has 0 atom stereocenters. The Morgan fingerprint density at radius 2 is 2.13 bits per heavy atom. The zero-order valence-electron chi connectivity index (χ0n) is 16.6. The topological polar surface area (TPSA) is 69.8 Å². The van der Waals surface area contributed by atoms with Crippen LogP contribution >= 0.6 is 0 Å². The van der Waals surface area contributed by atoms with Crippen LogP contribution in [-0.4, -0.2) is 22.4 Å². The zero-order chi connectivity index (χ0) is 20.7. The zero-order valence-corrected chi connectivity index (χ0v) is 16.6. The van der Waals surface area contributed by atoms with Crippen molar-refractivity contribution in [1.29, 1.82) is 0 Å². The summed E-state index contributed by atoms with van der Waals surface area (Å²) in [7, 11) is 0. The summed E-state index contributed by atoms with van der Waals surface area (Å²) in [6.07, 6.45) is 6.46. The van der Waals surface area contributed by atoms with Crippen molar-refractivity contribution >= 4 is 17.3 Å². The lowest BCUT2D eigenvalue weighted by Gasteiger charge is -2.16. The Morgan fingerprint density at radius 3 is 2.97 bits per heavy atom. The average molecular weight is 400 g/mol. The molecule has 2 aliphatic rings. The molecule has 3 heterocycles. The van der Waals surface area contributed by atoms with Crippen LogP contribution < -0.4 is 10.6 Å². The molecule has 1 aromatic carbocycles. The van der Waals surface area contributed by atoms with Crippen molar-refractivity contribution in [3.05, 3.63) is 64.9 Å². The van der Waals surface area contributed by atoms with Crippen LogP contribution in [0.2, 0.25) is 0 Å². The van der Waals surface area contributed by atoms with Gasteiger partial charge in [0.05, 0.1) is 22.5 Å². The van der Waals surface area contributed by atoms with Crippen LogP contribution in [0.5, 0.6) is 0 Å². The minimum absolute atomic E-state index is 0.144. The number of aromatic nitrogens is 2. The first-order valence-corrected chi connectivity index (χ1v) is 10.1. The third-order valence-corrected chi connectivity index (χ3v) is 5.57. The summed E-state index contributed by atoms with van der Waals surface area (Å²) < 4.78 is 14.1. The molecule has 0 unspecified atom stereocenters. The second-order valence-electron chi connectivity index (χ2n) is 7.74. The molecule has 0 saturated heterocycles. The van der Waals surface area contributed by atoms with Crippen molar-refractivity contribution in [2.45, 2.75) is 26.2 Å². The molecule has 3 aromatic rings. The van der Waals surface area contributed by atoms with E-state index in [4.69, 9.17) is 0 Å². The molecule has 1 saturated carbocycles. The lowest BCUT2D eigenvalue weighted by molar-refractivity contribution is 0.0947. The molecule has 6 heteroatoms. The Hall–Kier alpha value is -3.59. The largest absolute Gasteiger partial charge is 0.356 e. The molecule has 1 aliphatic heterocycles. The Bertz CT molecular complexity index is 1210. The molecule has 5 rings (SSSR count). The van der Waals surface area contributed by atoms with E-state index in [0.29, 0.717) is 41.4 Å². The lowest BCUT2D eigenvalue weighted by Crippen LogP contribution is -2.31. The minimum Gasteiger partial charge on any atom is -0.356 e. The number of halogens is 1. The van der Waals surface area contributed by atoms with Gasteiger partial charge in [-0.2, -0.15) is 0 Å². The van der Waals surface area contributed by atoms with Gasteiger partial charge in [0.2, 0.25) is 0 Å². The van der Waals surface area contributed by atoms with Gasteiger partial charge in [-0.25, -0.2) is 4.39 Å². The Labute approximate surface area is 174 Å². The summed E-state index contributed by atoms with van der Waals surface area (Å²) in [5, 5.41) is 6.23. The van der Waals surface area contributed by atoms with Gasteiger partial charge in [0.15, 0.2) is 0 Å². The molecule has 2 aromatic heterocycles. The Morgan fingerprint density at radius 1 is 1.27 bits per heavy atom. The normalized spacial score (nSPS) is 15.1. The second-order valence-corrected chi connectivity index (χ2v) is 7.74. The molecule has 1 fully saturated rings. The van der Waals surface area contributed by atoms with Gasteiger partial charge in [-0.1, -0.05) is 17.9 Å². The molecule has 30 heavy (non-hydrogen) atoms. The van der Waals surface area contributed by atoms with Crippen molar-refractivity contribution < 1.29 is 9.18 Å². The molecule has 0 spiro atoms. The quantitative estimate of drug-likeness (QED) is 0.574. The number of carbonyl (C=O) groups is 1. The lowest BCUT2D eigenvalue weighted by atomic mass is 10.0. The van der Waals surface area contributed by atoms with Gasteiger partial charge >= 0.3 is 0 Å². The number of amides is 1. The van der Waals surface area contributed by atoms with Gasteiger partial charge in [-0.05, 0) is 38.0 Å². The van der Waals surface area contributed by atoms with Crippen LogP contribution in [0.4, 0.5) is 15.8 Å². The van der Waals surface area contributed by atoms with Crippen LogP contribution in [0.1, 0.15) is 40.0 Å². The molecule has 3 N–H and O–H groups in total. The Balaban J connectivity index is 1.67.